The van der Waals surface area contributed by atoms with E-state index < -0.39 is 0 Å². The molecule has 15 heavy (non-hydrogen) atoms. The number of hydrogen-bond donors (Lipinski definition) is 1. The van der Waals surface area contributed by atoms with Crippen LogP contribution in [-0.2, 0) is 4.74 Å². The van der Waals surface area contributed by atoms with Gasteiger partial charge in [0.15, 0.2) is 0 Å². The summed E-state index contributed by atoms with van der Waals surface area (Å²) in [6.45, 7) is 3.19. The van der Waals surface area contributed by atoms with Crippen molar-refractivity contribution in [2.45, 2.75) is 44.7 Å². The summed E-state index contributed by atoms with van der Waals surface area (Å²) in [5.74, 6) is 4.31. The molecule has 3 rings (SSSR count). The maximum atomic E-state index is 5.12. The molecule has 2 nitrogen and oxygen atoms in total. The standard InChI is InChI=1S/C13H23NO/c1-8(5-6-15-2)14-13-11-9-3-4-10(7-9)12(11)13/h8-14H,3-7H2,1-2H3. The molecule has 0 amide bonds. The molecule has 0 spiro atoms. The second kappa shape index (κ2) is 3.74. The van der Waals surface area contributed by atoms with Gasteiger partial charge in [0.2, 0.25) is 0 Å². The van der Waals surface area contributed by atoms with Crippen molar-refractivity contribution < 1.29 is 4.74 Å². The van der Waals surface area contributed by atoms with Crippen LogP contribution in [0.4, 0.5) is 0 Å². The highest BCUT2D eigenvalue weighted by molar-refractivity contribution is 5.17. The first-order chi connectivity index (χ1) is 7.31. The minimum atomic E-state index is 0.639. The Hall–Kier alpha value is -0.0800. The van der Waals surface area contributed by atoms with Gasteiger partial charge in [0, 0.05) is 25.8 Å². The topological polar surface area (TPSA) is 21.3 Å². The zero-order chi connectivity index (χ0) is 10.4. The highest BCUT2D eigenvalue weighted by Crippen LogP contribution is 2.65. The molecule has 1 N–H and O–H groups in total. The van der Waals surface area contributed by atoms with Crippen LogP contribution >= 0.6 is 0 Å². The molecule has 0 aromatic carbocycles. The minimum absolute atomic E-state index is 0.639. The molecule has 2 bridgehead atoms. The largest absolute Gasteiger partial charge is 0.385 e. The van der Waals surface area contributed by atoms with Gasteiger partial charge in [-0.25, -0.2) is 0 Å². The lowest BCUT2D eigenvalue weighted by molar-refractivity contribution is 0.183. The Balaban J connectivity index is 1.47. The van der Waals surface area contributed by atoms with Crippen LogP contribution in [0.3, 0.4) is 0 Å². The minimum Gasteiger partial charge on any atom is -0.385 e. The molecule has 0 saturated heterocycles. The molecule has 3 aliphatic rings. The molecule has 5 unspecified atom stereocenters. The van der Waals surface area contributed by atoms with Gasteiger partial charge in [-0.3, -0.25) is 0 Å². The first kappa shape index (κ1) is 10.1. The number of methoxy groups -OCH3 is 1. The van der Waals surface area contributed by atoms with Crippen molar-refractivity contribution in [2.24, 2.45) is 23.7 Å². The summed E-state index contributed by atoms with van der Waals surface area (Å²) in [7, 11) is 1.79. The van der Waals surface area contributed by atoms with Gasteiger partial charge in [0.25, 0.3) is 0 Å². The Labute approximate surface area is 92.8 Å². The van der Waals surface area contributed by atoms with Gasteiger partial charge in [-0.1, -0.05) is 0 Å². The van der Waals surface area contributed by atoms with Crippen LogP contribution in [0.1, 0.15) is 32.6 Å². The summed E-state index contributed by atoms with van der Waals surface area (Å²) >= 11 is 0. The van der Waals surface area contributed by atoms with Crippen LogP contribution in [0.5, 0.6) is 0 Å². The van der Waals surface area contributed by atoms with Crippen LogP contribution in [0.15, 0.2) is 0 Å². The van der Waals surface area contributed by atoms with Gasteiger partial charge in [-0.05, 0) is 56.3 Å². The quantitative estimate of drug-likeness (QED) is 0.748. The summed E-state index contributed by atoms with van der Waals surface area (Å²) in [5, 5.41) is 3.81. The summed E-state index contributed by atoms with van der Waals surface area (Å²) in [6, 6.07) is 1.52. The van der Waals surface area contributed by atoms with E-state index in [1.807, 2.05) is 0 Å². The zero-order valence-electron chi connectivity index (χ0n) is 9.91. The number of rotatable bonds is 5. The van der Waals surface area contributed by atoms with Crippen molar-refractivity contribution in [1.82, 2.24) is 5.32 Å². The van der Waals surface area contributed by atoms with Crippen molar-refractivity contribution in [3.8, 4) is 0 Å². The average Bonchev–Trinajstić information content (AvgIpc) is 2.65. The van der Waals surface area contributed by atoms with Crippen LogP contribution in [0.25, 0.3) is 0 Å². The predicted molar refractivity (Wildman–Crippen MR) is 60.7 cm³/mol. The van der Waals surface area contributed by atoms with E-state index in [0.717, 1.165) is 42.7 Å². The molecule has 3 saturated carbocycles. The fourth-order valence-corrected chi connectivity index (χ4v) is 4.25. The lowest BCUT2D eigenvalue weighted by atomic mass is 10.0. The van der Waals surface area contributed by atoms with E-state index in [2.05, 4.69) is 12.2 Å². The highest BCUT2D eigenvalue weighted by atomic mass is 16.5. The molecule has 2 heteroatoms. The van der Waals surface area contributed by atoms with Crippen LogP contribution in [0.2, 0.25) is 0 Å². The van der Waals surface area contributed by atoms with Crippen LogP contribution < -0.4 is 5.32 Å². The Morgan fingerprint density at radius 1 is 1.27 bits per heavy atom. The van der Waals surface area contributed by atoms with Crippen molar-refractivity contribution in [3.05, 3.63) is 0 Å². The van der Waals surface area contributed by atoms with E-state index in [-0.39, 0.29) is 0 Å². The molecule has 3 fully saturated rings. The van der Waals surface area contributed by atoms with Crippen LogP contribution in [-0.4, -0.2) is 25.8 Å². The maximum absolute atomic E-state index is 5.12. The Kier molecular flexibility index (Phi) is 2.52. The lowest BCUT2D eigenvalue weighted by Crippen LogP contribution is -2.32. The summed E-state index contributed by atoms with van der Waals surface area (Å²) in [6.07, 6.45) is 5.76. The van der Waals surface area contributed by atoms with E-state index in [9.17, 15) is 0 Å². The third kappa shape index (κ3) is 1.62. The third-order valence-corrected chi connectivity index (χ3v) is 4.97. The third-order valence-electron chi connectivity index (χ3n) is 4.97. The Bertz CT molecular complexity index is 227. The average molecular weight is 209 g/mol. The fraction of sp³-hybridized carbons (Fsp3) is 1.00. The molecule has 0 aromatic heterocycles. The number of ether oxygens (including phenoxy) is 1. The van der Waals surface area contributed by atoms with Gasteiger partial charge in [0.05, 0.1) is 0 Å². The normalized spacial score (nSPS) is 48.0. The second-order valence-corrected chi connectivity index (χ2v) is 5.86. The molecule has 86 valence electrons. The highest BCUT2D eigenvalue weighted by Gasteiger charge is 2.64. The molecule has 0 heterocycles. The Morgan fingerprint density at radius 3 is 2.53 bits per heavy atom. The molecule has 0 aromatic rings. The van der Waals surface area contributed by atoms with Gasteiger partial charge < -0.3 is 10.1 Å². The van der Waals surface area contributed by atoms with E-state index in [0.29, 0.717) is 6.04 Å². The van der Waals surface area contributed by atoms with E-state index in [4.69, 9.17) is 4.74 Å². The summed E-state index contributed by atoms with van der Waals surface area (Å²) in [5.41, 5.74) is 0. The monoisotopic (exact) mass is 209 g/mol. The maximum Gasteiger partial charge on any atom is 0.0476 e. The smallest absolute Gasteiger partial charge is 0.0476 e. The van der Waals surface area contributed by atoms with Crippen molar-refractivity contribution in [3.63, 3.8) is 0 Å². The zero-order valence-corrected chi connectivity index (χ0v) is 9.91. The van der Waals surface area contributed by atoms with Crippen molar-refractivity contribution in [2.75, 3.05) is 13.7 Å². The number of hydrogen-bond acceptors (Lipinski definition) is 2. The number of nitrogens with one attached hydrogen (secondary N) is 1. The van der Waals surface area contributed by atoms with E-state index >= 15 is 0 Å². The molecule has 0 radical (unpaired) electrons. The second-order valence-electron chi connectivity index (χ2n) is 5.86. The molecule has 3 aliphatic carbocycles. The molecular weight excluding hydrogens is 186 g/mol. The fourth-order valence-electron chi connectivity index (χ4n) is 4.25. The van der Waals surface area contributed by atoms with E-state index in [1.165, 1.54) is 12.8 Å². The lowest BCUT2D eigenvalue weighted by Gasteiger charge is -2.16. The van der Waals surface area contributed by atoms with Crippen LogP contribution in [0, 0.1) is 23.7 Å². The van der Waals surface area contributed by atoms with Gasteiger partial charge in [0.1, 0.15) is 0 Å². The number of fused-ring (bicyclic) bond motifs is 5. The van der Waals surface area contributed by atoms with Gasteiger partial charge in [-0.15, -0.1) is 0 Å². The first-order valence-electron chi connectivity index (χ1n) is 6.56. The first-order valence-corrected chi connectivity index (χ1v) is 6.56. The Morgan fingerprint density at radius 2 is 1.93 bits per heavy atom. The SMILES string of the molecule is COCCC(C)NC1C2C3CCC(C3)C12. The van der Waals surface area contributed by atoms with Crippen molar-refractivity contribution in [1.29, 1.82) is 0 Å². The van der Waals surface area contributed by atoms with Gasteiger partial charge in [-0.2, -0.15) is 0 Å². The molecule has 0 aliphatic heterocycles. The predicted octanol–water partition coefficient (Wildman–Crippen LogP) is 2.05. The molecular formula is C13H23NO. The van der Waals surface area contributed by atoms with Gasteiger partial charge >= 0.3 is 0 Å². The summed E-state index contributed by atoms with van der Waals surface area (Å²) in [4.78, 5) is 0. The van der Waals surface area contributed by atoms with E-state index in [1.54, 1.807) is 13.5 Å². The summed E-state index contributed by atoms with van der Waals surface area (Å²) < 4.78 is 5.12. The molecule has 5 atom stereocenters. The van der Waals surface area contributed by atoms with Crippen molar-refractivity contribution >= 4 is 0 Å².